The second-order valence-corrected chi connectivity index (χ2v) is 6.72. The maximum Gasteiger partial charge on any atom is 0.115 e. The molecule has 17 heavy (non-hydrogen) atoms. The minimum Gasteiger partial charge on any atom is -0.0914 e. The van der Waals surface area contributed by atoms with Crippen LogP contribution in [0, 0.1) is 11.8 Å². The Hall–Kier alpha value is -0.105. The first-order valence-corrected chi connectivity index (χ1v) is 7.25. The summed E-state index contributed by atoms with van der Waals surface area (Å²) in [5, 5.41) is 0.347. The Morgan fingerprint density at radius 2 is 2.18 bits per heavy atom. The smallest absolute Gasteiger partial charge is 0.0914 e. The molecular weight excluding hydrogens is 223 g/mol. The molecule has 0 bridgehead atoms. The van der Waals surface area contributed by atoms with Gasteiger partial charge in [0.05, 0.1) is 0 Å². The zero-order valence-electron chi connectivity index (χ0n) is 12.3. The van der Waals surface area contributed by atoms with Crippen molar-refractivity contribution in [3.8, 4) is 0 Å². The third kappa shape index (κ3) is 3.02. The molecule has 0 fully saturated rings. The Bertz CT molecular complexity index is 332. The Morgan fingerprint density at radius 1 is 1.59 bits per heavy atom. The standard InChI is InChI=1S/C15H26BS/c1-7-10(2)14-13(8-12(4)17)11(3)9-15(14,5)16-6/h10,14H,7-9H2,1-6H3. The molecular formula is C15H26BS. The van der Waals surface area contributed by atoms with Gasteiger partial charge in [-0.3, -0.25) is 0 Å². The fourth-order valence-corrected chi connectivity index (χ4v) is 3.65. The molecule has 0 saturated heterocycles. The van der Waals surface area contributed by atoms with E-state index in [0.717, 1.165) is 17.2 Å². The van der Waals surface area contributed by atoms with E-state index < -0.39 is 0 Å². The van der Waals surface area contributed by atoms with Crippen LogP contribution in [0.3, 0.4) is 0 Å². The number of hydrogen-bond acceptors (Lipinski definition) is 1. The number of allylic oxidation sites excluding steroid dienone is 2. The van der Waals surface area contributed by atoms with Crippen LogP contribution in [-0.4, -0.2) is 12.1 Å². The summed E-state index contributed by atoms with van der Waals surface area (Å²) in [6.07, 6.45) is 3.50. The highest BCUT2D eigenvalue weighted by Crippen LogP contribution is 2.56. The minimum absolute atomic E-state index is 0.347. The van der Waals surface area contributed by atoms with Gasteiger partial charge < -0.3 is 0 Å². The van der Waals surface area contributed by atoms with Crippen LogP contribution in [0.4, 0.5) is 0 Å². The molecule has 0 nitrogen and oxygen atoms in total. The molecule has 3 unspecified atom stereocenters. The van der Waals surface area contributed by atoms with E-state index in [0.29, 0.717) is 11.2 Å². The van der Waals surface area contributed by atoms with Gasteiger partial charge in [-0.1, -0.05) is 62.7 Å². The van der Waals surface area contributed by atoms with Gasteiger partial charge in [0.15, 0.2) is 0 Å². The summed E-state index contributed by atoms with van der Waals surface area (Å²) in [6, 6.07) is 0. The van der Waals surface area contributed by atoms with Gasteiger partial charge in [0.25, 0.3) is 0 Å². The molecule has 0 aromatic carbocycles. The van der Waals surface area contributed by atoms with E-state index in [1.807, 2.05) is 0 Å². The fourth-order valence-electron chi connectivity index (χ4n) is 3.50. The van der Waals surface area contributed by atoms with E-state index in [1.54, 1.807) is 11.1 Å². The summed E-state index contributed by atoms with van der Waals surface area (Å²) in [7, 11) is 2.42. The second kappa shape index (κ2) is 5.69. The summed E-state index contributed by atoms with van der Waals surface area (Å²) in [5.74, 6) is 1.44. The van der Waals surface area contributed by atoms with Crippen LogP contribution in [0.1, 0.15) is 53.9 Å². The molecule has 3 atom stereocenters. The summed E-state index contributed by atoms with van der Waals surface area (Å²) < 4.78 is 0. The van der Waals surface area contributed by atoms with E-state index in [9.17, 15) is 0 Å². The lowest BCUT2D eigenvalue weighted by atomic mass is 9.47. The van der Waals surface area contributed by atoms with Gasteiger partial charge in [-0.05, 0) is 43.4 Å². The highest BCUT2D eigenvalue weighted by atomic mass is 32.1. The first-order valence-electron chi connectivity index (χ1n) is 6.84. The Kier molecular flexibility index (Phi) is 5.01. The van der Waals surface area contributed by atoms with Crippen LogP contribution in [0.5, 0.6) is 0 Å². The molecule has 0 saturated carbocycles. The summed E-state index contributed by atoms with van der Waals surface area (Å²) in [5.41, 5.74) is 3.22. The molecule has 95 valence electrons. The van der Waals surface area contributed by atoms with Gasteiger partial charge in [0.1, 0.15) is 7.28 Å². The van der Waals surface area contributed by atoms with Gasteiger partial charge in [-0.15, -0.1) is 0 Å². The van der Waals surface area contributed by atoms with Crippen molar-refractivity contribution in [1.29, 1.82) is 0 Å². The lowest BCUT2D eigenvalue weighted by Gasteiger charge is -2.37. The zero-order valence-corrected chi connectivity index (χ0v) is 13.1. The van der Waals surface area contributed by atoms with Crippen molar-refractivity contribution in [2.75, 3.05) is 0 Å². The lowest BCUT2D eigenvalue weighted by molar-refractivity contribution is 0.324. The monoisotopic (exact) mass is 249 g/mol. The topological polar surface area (TPSA) is 0 Å². The molecule has 0 heterocycles. The summed E-state index contributed by atoms with van der Waals surface area (Å²) >= 11 is 5.33. The van der Waals surface area contributed by atoms with Gasteiger partial charge in [-0.2, -0.15) is 0 Å². The first-order chi connectivity index (χ1) is 7.85. The first kappa shape index (κ1) is 15.0. The maximum absolute atomic E-state index is 5.33. The predicted octanol–water partition coefficient (Wildman–Crippen LogP) is 5.08. The molecule has 0 amide bonds. The minimum atomic E-state index is 0.347. The fraction of sp³-hybridized carbons (Fsp3) is 0.800. The third-order valence-electron chi connectivity index (χ3n) is 4.59. The van der Waals surface area contributed by atoms with Crippen LogP contribution in [0.15, 0.2) is 11.1 Å². The summed E-state index contributed by atoms with van der Waals surface area (Å²) in [6.45, 7) is 13.7. The van der Waals surface area contributed by atoms with Crippen LogP contribution in [-0.2, 0) is 0 Å². The normalized spacial score (nSPS) is 30.6. The Balaban J connectivity index is 3.07. The number of hydrogen-bond donors (Lipinski definition) is 0. The zero-order chi connectivity index (χ0) is 13.2. The lowest BCUT2D eigenvalue weighted by Crippen LogP contribution is -2.28. The van der Waals surface area contributed by atoms with E-state index in [-0.39, 0.29) is 0 Å². The number of rotatable bonds is 5. The average Bonchev–Trinajstić information content (AvgIpc) is 2.50. The highest BCUT2D eigenvalue weighted by molar-refractivity contribution is 7.80. The van der Waals surface area contributed by atoms with Crippen molar-refractivity contribution in [3.05, 3.63) is 11.1 Å². The van der Waals surface area contributed by atoms with Crippen LogP contribution in [0.2, 0.25) is 12.1 Å². The van der Waals surface area contributed by atoms with Crippen LogP contribution >= 0.6 is 12.2 Å². The Labute approximate surface area is 113 Å². The van der Waals surface area contributed by atoms with Crippen LogP contribution in [0.25, 0.3) is 0 Å². The quantitative estimate of drug-likeness (QED) is 0.372. The van der Waals surface area contributed by atoms with E-state index >= 15 is 0 Å². The molecule has 1 radical (unpaired) electrons. The molecule has 0 N–H and O–H groups in total. The van der Waals surface area contributed by atoms with Crippen molar-refractivity contribution >= 4 is 24.4 Å². The molecule has 1 rings (SSSR count). The van der Waals surface area contributed by atoms with E-state index in [1.165, 1.54) is 12.8 Å². The van der Waals surface area contributed by atoms with Crippen molar-refractivity contribution in [2.45, 2.75) is 66.0 Å². The van der Waals surface area contributed by atoms with Crippen molar-refractivity contribution < 1.29 is 0 Å². The molecule has 0 aromatic rings. The molecule has 1 aliphatic rings. The Morgan fingerprint density at radius 3 is 2.59 bits per heavy atom. The van der Waals surface area contributed by atoms with Gasteiger partial charge in [0, 0.05) is 0 Å². The van der Waals surface area contributed by atoms with Gasteiger partial charge >= 0.3 is 0 Å². The third-order valence-corrected chi connectivity index (χ3v) is 4.74. The largest absolute Gasteiger partial charge is 0.115 e. The highest BCUT2D eigenvalue weighted by Gasteiger charge is 2.43. The number of thiocarbonyl (C=S) groups is 1. The van der Waals surface area contributed by atoms with E-state index in [2.05, 4.69) is 48.7 Å². The van der Waals surface area contributed by atoms with Gasteiger partial charge in [0.2, 0.25) is 0 Å². The second-order valence-electron chi connectivity index (χ2n) is 6.02. The molecule has 0 aromatic heterocycles. The molecule has 1 aliphatic carbocycles. The van der Waals surface area contributed by atoms with Gasteiger partial charge in [-0.25, -0.2) is 0 Å². The van der Waals surface area contributed by atoms with E-state index in [4.69, 9.17) is 12.2 Å². The van der Waals surface area contributed by atoms with Crippen molar-refractivity contribution in [2.24, 2.45) is 11.8 Å². The molecule has 2 heteroatoms. The summed E-state index contributed by atoms with van der Waals surface area (Å²) in [4.78, 5) is 1.13. The average molecular weight is 249 g/mol. The van der Waals surface area contributed by atoms with Crippen LogP contribution < -0.4 is 0 Å². The van der Waals surface area contributed by atoms with Crippen molar-refractivity contribution in [3.63, 3.8) is 0 Å². The molecule has 0 aliphatic heterocycles. The molecule has 0 spiro atoms. The SMILES string of the molecule is C[B]C1(C)CC(C)=C(CC(C)=S)C1C(C)CC. The maximum atomic E-state index is 5.33. The van der Waals surface area contributed by atoms with Crippen molar-refractivity contribution in [1.82, 2.24) is 0 Å². The predicted molar refractivity (Wildman–Crippen MR) is 83.1 cm³/mol.